The molecule has 0 radical (unpaired) electrons. The van der Waals surface area contributed by atoms with Gasteiger partial charge in [0.2, 0.25) is 0 Å². The lowest BCUT2D eigenvalue weighted by Crippen LogP contribution is -2.48. The lowest BCUT2D eigenvalue weighted by molar-refractivity contribution is 0.216. The van der Waals surface area contributed by atoms with Crippen molar-refractivity contribution in [2.75, 3.05) is 0 Å². The molecule has 0 amide bonds. The van der Waals surface area contributed by atoms with Crippen LogP contribution in [0.5, 0.6) is 0 Å². The van der Waals surface area contributed by atoms with Gasteiger partial charge in [0.25, 0.3) is 0 Å². The van der Waals surface area contributed by atoms with E-state index in [2.05, 4.69) is 52.2 Å². The summed E-state index contributed by atoms with van der Waals surface area (Å²) in [6.07, 6.45) is 5.41. The fraction of sp³-hybridized carbons (Fsp3) is 0.824. The molecule has 1 atom stereocenters. The van der Waals surface area contributed by atoms with Crippen molar-refractivity contribution >= 4 is 11.3 Å². The van der Waals surface area contributed by atoms with Gasteiger partial charge in [-0.05, 0) is 39.5 Å². The van der Waals surface area contributed by atoms with E-state index in [4.69, 9.17) is 4.98 Å². The summed E-state index contributed by atoms with van der Waals surface area (Å²) >= 11 is 1.84. The number of rotatable bonds is 4. The van der Waals surface area contributed by atoms with Crippen molar-refractivity contribution < 1.29 is 0 Å². The molecule has 3 heteroatoms. The van der Waals surface area contributed by atoms with Crippen molar-refractivity contribution in [1.82, 2.24) is 10.3 Å². The molecule has 0 aromatic carbocycles. The molecule has 1 aromatic rings. The van der Waals surface area contributed by atoms with Gasteiger partial charge in [-0.2, -0.15) is 0 Å². The maximum Gasteiger partial charge on any atom is 0.113 e. The predicted molar refractivity (Wildman–Crippen MR) is 88.4 cm³/mol. The summed E-state index contributed by atoms with van der Waals surface area (Å²) in [4.78, 5) is 5.01. The van der Waals surface area contributed by atoms with Gasteiger partial charge >= 0.3 is 0 Å². The fourth-order valence-corrected chi connectivity index (χ4v) is 4.56. The van der Waals surface area contributed by atoms with E-state index in [1.807, 2.05) is 11.3 Å². The Bertz CT molecular complexity index is 438. The minimum atomic E-state index is 0.0405. The molecule has 1 heterocycles. The second-order valence-corrected chi connectivity index (χ2v) is 8.63. The first-order chi connectivity index (χ1) is 9.23. The molecule has 1 unspecified atom stereocenters. The molecular weight excluding hydrogens is 264 g/mol. The molecule has 1 N–H and O–H groups in total. The van der Waals surface area contributed by atoms with Crippen LogP contribution in [-0.4, -0.2) is 11.0 Å². The van der Waals surface area contributed by atoms with Gasteiger partial charge in [-0.15, -0.1) is 11.3 Å². The van der Waals surface area contributed by atoms with E-state index < -0.39 is 0 Å². The third-order valence-corrected chi connectivity index (χ3v) is 5.56. The Balaban J connectivity index is 2.33. The minimum Gasteiger partial charge on any atom is -0.303 e. The Hall–Kier alpha value is -0.410. The third kappa shape index (κ3) is 3.25. The molecule has 1 aromatic heterocycles. The highest BCUT2D eigenvalue weighted by Crippen LogP contribution is 2.42. The number of aromatic nitrogens is 1. The van der Waals surface area contributed by atoms with Crippen LogP contribution in [0.2, 0.25) is 0 Å². The molecule has 0 saturated heterocycles. The van der Waals surface area contributed by atoms with Crippen molar-refractivity contribution in [3.05, 3.63) is 16.1 Å². The van der Waals surface area contributed by atoms with Crippen LogP contribution < -0.4 is 5.32 Å². The van der Waals surface area contributed by atoms with Crippen LogP contribution >= 0.6 is 11.3 Å². The van der Waals surface area contributed by atoms with Crippen molar-refractivity contribution in [2.24, 2.45) is 5.92 Å². The minimum absolute atomic E-state index is 0.0405. The molecule has 2 nitrogen and oxygen atoms in total. The monoisotopic (exact) mass is 294 g/mol. The van der Waals surface area contributed by atoms with Gasteiger partial charge in [-0.3, -0.25) is 0 Å². The van der Waals surface area contributed by atoms with E-state index in [0.717, 1.165) is 5.92 Å². The first-order valence-corrected chi connectivity index (χ1v) is 8.85. The number of hydrogen-bond donors (Lipinski definition) is 1. The Labute approximate surface area is 128 Å². The smallest absolute Gasteiger partial charge is 0.113 e. The van der Waals surface area contributed by atoms with Gasteiger partial charge in [0.15, 0.2) is 0 Å². The molecular formula is C17H30N2S. The van der Waals surface area contributed by atoms with Gasteiger partial charge in [0.05, 0.1) is 11.2 Å². The highest BCUT2D eigenvalue weighted by atomic mass is 32.1. The summed E-state index contributed by atoms with van der Waals surface area (Å²) in [5.74, 6) is 0.726. The number of hydrogen-bond acceptors (Lipinski definition) is 3. The van der Waals surface area contributed by atoms with Crippen LogP contribution in [0.15, 0.2) is 5.38 Å². The van der Waals surface area contributed by atoms with E-state index in [9.17, 15) is 0 Å². The van der Waals surface area contributed by atoms with Gasteiger partial charge in [0, 0.05) is 16.8 Å². The van der Waals surface area contributed by atoms with Gasteiger partial charge in [-0.25, -0.2) is 4.98 Å². The van der Waals surface area contributed by atoms with Crippen LogP contribution in [-0.2, 0) is 11.0 Å². The molecule has 0 aliphatic heterocycles. The molecule has 1 fully saturated rings. The topological polar surface area (TPSA) is 24.9 Å². The zero-order valence-electron chi connectivity index (χ0n) is 13.9. The van der Waals surface area contributed by atoms with Crippen LogP contribution in [0.25, 0.3) is 0 Å². The lowest BCUT2D eigenvalue weighted by Gasteiger charge is -2.37. The normalized spacial score (nSPS) is 20.6. The molecule has 0 bridgehead atoms. The van der Waals surface area contributed by atoms with Gasteiger partial charge < -0.3 is 5.32 Å². The Kier molecular flexibility index (Phi) is 4.60. The highest BCUT2D eigenvalue weighted by molar-refractivity contribution is 7.09. The maximum absolute atomic E-state index is 5.01. The summed E-state index contributed by atoms with van der Waals surface area (Å²) in [6.45, 7) is 13.6. The first kappa shape index (κ1) is 16.0. The quantitative estimate of drug-likeness (QED) is 0.859. The number of nitrogens with one attached hydrogen (secondary N) is 1. The lowest BCUT2D eigenvalue weighted by atomic mass is 9.84. The van der Waals surface area contributed by atoms with E-state index in [0.29, 0.717) is 6.04 Å². The highest BCUT2D eigenvalue weighted by Gasteiger charge is 2.40. The van der Waals surface area contributed by atoms with Crippen molar-refractivity contribution in [3.8, 4) is 0 Å². The molecule has 20 heavy (non-hydrogen) atoms. The summed E-state index contributed by atoms with van der Waals surface area (Å²) < 4.78 is 0. The van der Waals surface area contributed by atoms with Gasteiger partial charge in [-0.1, -0.05) is 33.6 Å². The maximum atomic E-state index is 5.01. The van der Waals surface area contributed by atoms with Crippen LogP contribution in [0.3, 0.4) is 0 Å². The first-order valence-electron chi connectivity index (χ1n) is 7.97. The molecule has 114 valence electrons. The van der Waals surface area contributed by atoms with Crippen LogP contribution in [0.1, 0.15) is 77.9 Å². The Morgan fingerprint density at radius 2 is 1.80 bits per heavy atom. The number of nitrogens with zero attached hydrogens (tertiary/aromatic N) is 1. The van der Waals surface area contributed by atoms with E-state index >= 15 is 0 Å². The summed E-state index contributed by atoms with van der Waals surface area (Å²) in [6, 6.07) is 0.489. The average Bonchev–Trinajstić information content (AvgIpc) is 2.99. The molecule has 0 spiro atoms. The van der Waals surface area contributed by atoms with E-state index in [1.54, 1.807) is 0 Å². The third-order valence-electron chi connectivity index (χ3n) is 4.48. The van der Waals surface area contributed by atoms with E-state index in [1.165, 1.54) is 36.4 Å². The standard InChI is InChI=1S/C17H30N2S/c1-12(2)19-17(6,13-9-7-8-10-13)15-18-14(11-20-15)16(3,4)5/h11-13,19H,7-10H2,1-6H3. The predicted octanol–water partition coefficient (Wildman–Crippen LogP) is 4.84. The van der Waals surface area contributed by atoms with Crippen molar-refractivity contribution in [1.29, 1.82) is 0 Å². The summed E-state index contributed by atoms with van der Waals surface area (Å²) in [5.41, 5.74) is 1.41. The zero-order valence-corrected chi connectivity index (χ0v) is 14.7. The zero-order chi connectivity index (χ0) is 15.0. The fourth-order valence-electron chi connectivity index (χ4n) is 3.31. The largest absolute Gasteiger partial charge is 0.303 e. The Morgan fingerprint density at radius 1 is 1.20 bits per heavy atom. The second-order valence-electron chi connectivity index (χ2n) is 7.77. The van der Waals surface area contributed by atoms with Gasteiger partial charge in [0.1, 0.15) is 5.01 Å². The SMILES string of the molecule is CC(C)NC(C)(c1nc(C(C)(C)C)cs1)C1CCCC1. The molecule has 2 rings (SSSR count). The summed E-state index contributed by atoms with van der Waals surface area (Å²) in [7, 11) is 0. The van der Waals surface area contributed by atoms with Crippen molar-refractivity contribution in [3.63, 3.8) is 0 Å². The molecule has 1 aliphatic carbocycles. The number of thiazole rings is 1. The molecule has 1 aliphatic rings. The van der Waals surface area contributed by atoms with Crippen molar-refractivity contribution in [2.45, 2.75) is 84.2 Å². The average molecular weight is 295 g/mol. The second kappa shape index (κ2) is 5.76. The van der Waals surface area contributed by atoms with E-state index in [-0.39, 0.29) is 11.0 Å². The Morgan fingerprint density at radius 3 is 2.25 bits per heavy atom. The van der Waals surface area contributed by atoms with Crippen LogP contribution in [0.4, 0.5) is 0 Å². The van der Waals surface area contributed by atoms with Crippen LogP contribution in [0, 0.1) is 5.92 Å². The summed E-state index contributed by atoms with van der Waals surface area (Å²) in [5, 5.41) is 7.36. The molecule has 1 saturated carbocycles.